The SMILES string of the molecule is Cn1ncc2c3[nH]n(-c4ccc(Cl)cc4)c(=O)c3c(-c3cccc(C(C)(C)C)c3)nc21. The standard InChI is InChI=1S/C24H22ClN5O/c1-24(2,3)15-7-5-6-14(12-15)20-19-21(18-13-26-29(4)22(18)27-20)28-30(23(19)31)17-10-8-16(25)9-11-17/h5-13,28H,1-4H3. The predicted octanol–water partition coefficient (Wildman–Crippen LogP) is 5.22. The van der Waals surface area contributed by atoms with E-state index in [2.05, 4.69) is 43.1 Å². The molecule has 1 N–H and O–H groups in total. The van der Waals surface area contributed by atoms with Crippen molar-refractivity contribution in [2.45, 2.75) is 26.2 Å². The zero-order chi connectivity index (χ0) is 21.9. The van der Waals surface area contributed by atoms with Crippen molar-refractivity contribution in [1.29, 1.82) is 0 Å². The minimum Gasteiger partial charge on any atom is -0.289 e. The molecule has 0 aliphatic heterocycles. The van der Waals surface area contributed by atoms with Gasteiger partial charge in [-0.15, -0.1) is 0 Å². The molecule has 6 nitrogen and oxygen atoms in total. The number of aromatic nitrogens is 5. The van der Waals surface area contributed by atoms with Crippen molar-refractivity contribution >= 4 is 33.5 Å². The van der Waals surface area contributed by atoms with Crippen LogP contribution < -0.4 is 5.56 Å². The molecule has 0 amide bonds. The molecule has 0 aliphatic carbocycles. The smallest absolute Gasteiger partial charge is 0.281 e. The summed E-state index contributed by atoms with van der Waals surface area (Å²) in [6, 6.07) is 15.4. The summed E-state index contributed by atoms with van der Waals surface area (Å²) in [5.74, 6) is 0. The molecule has 0 spiro atoms. The molecule has 156 valence electrons. The van der Waals surface area contributed by atoms with Crippen LogP contribution in [0.3, 0.4) is 0 Å². The number of hydrogen-bond acceptors (Lipinski definition) is 3. The topological polar surface area (TPSA) is 68.5 Å². The van der Waals surface area contributed by atoms with E-state index in [4.69, 9.17) is 16.6 Å². The summed E-state index contributed by atoms with van der Waals surface area (Å²) in [5.41, 5.74) is 4.68. The number of aryl methyl sites for hydroxylation is 1. The maximum absolute atomic E-state index is 13.6. The number of pyridine rings is 1. The highest BCUT2D eigenvalue weighted by molar-refractivity contribution is 6.30. The average molecular weight is 432 g/mol. The van der Waals surface area contributed by atoms with Crippen LogP contribution in [0.25, 0.3) is 38.9 Å². The van der Waals surface area contributed by atoms with Crippen molar-refractivity contribution in [2.24, 2.45) is 7.05 Å². The normalized spacial score (nSPS) is 12.2. The van der Waals surface area contributed by atoms with Crippen molar-refractivity contribution in [1.82, 2.24) is 24.5 Å². The van der Waals surface area contributed by atoms with Crippen LogP contribution in [0.5, 0.6) is 0 Å². The molecule has 0 saturated carbocycles. The number of fused-ring (bicyclic) bond motifs is 3. The Bertz CT molecular complexity index is 1500. The first-order valence-corrected chi connectivity index (χ1v) is 10.4. The van der Waals surface area contributed by atoms with Crippen LogP contribution >= 0.6 is 11.6 Å². The van der Waals surface area contributed by atoms with Gasteiger partial charge >= 0.3 is 0 Å². The zero-order valence-electron chi connectivity index (χ0n) is 17.8. The van der Waals surface area contributed by atoms with Gasteiger partial charge in [0.25, 0.3) is 5.56 Å². The van der Waals surface area contributed by atoms with Gasteiger partial charge < -0.3 is 0 Å². The average Bonchev–Trinajstić information content (AvgIpc) is 3.28. The number of rotatable bonds is 2. The number of halogens is 1. The van der Waals surface area contributed by atoms with Gasteiger partial charge in [-0.1, -0.05) is 50.6 Å². The number of hydrogen-bond donors (Lipinski definition) is 1. The Kier molecular flexibility index (Phi) is 4.31. The number of nitrogens with zero attached hydrogens (tertiary/aromatic N) is 4. The lowest BCUT2D eigenvalue weighted by Gasteiger charge is -2.19. The predicted molar refractivity (Wildman–Crippen MR) is 125 cm³/mol. The first kappa shape index (κ1) is 19.6. The van der Waals surface area contributed by atoms with Crippen LogP contribution in [0.2, 0.25) is 5.02 Å². The summed E-state index contributed by atoms with van der Waals surface area (Å²) in [6.07, 6.45) is 1.74. The molecule has 0 atom stereocenters. The van der Waals surface area contributed by atoms with Crippen molar-refractivity contribution in [3.8, 4) is 16.9 Å². The molecule has 0 aliphatic rings. The molecule has 0 radical (unpaired) electrons. The van der Waals surface area contributed by atoms with E-state index in [0.717, 1.165) is 10.9 Å². The van der Waals surface area contributed by atoms with E-state index < -0.39 is 0 Å². The van der Waals surface area contributed by atoms with Gasteiger partial charge in [0.15, 0.2) is 5.65 Å². The van der Waals surface area contributed by atoms with E-state index in [1.54, 1.807) is 23.0 Å². The Morgan fingerprint density at radius 2 is 1.81 bits per heavy atom. The lowest BCUT2D eigenvalue weighted by Crippen LogP contribution is -2.15. The van der Waals surface area contributed by atoms with Crippen molar-refractivity contribution in [2.75, 3.05) is 0 Å². The van der Waals surface area contributed by atoms with Crippen LogP contribution in [0.15, 0.2) is 59.5 Å². The van der Waals surface area contributed by atoms with Crippen LogP contribution in [-0.4, -0.2) is 24.5 Å². The Labute approximate surface area is 184 Å². The molecule has 3 heterocycles. The lowest BCUT2D eigenvalue weighted by atomic mass is 9.86. The van der Waals surface area contributed by atoms with Gasteiger partial charge in [-0.05, 0) is 41.3 Å². The van der Waals surface area contributed by atoms with E-state index in [-0.39, 0.29) is 11.0 Å². The first-order valence-electron chi connectivity index (χ1n) is 10.1. The molecule has 5 rings (SSSR count). The second-order valence-electron chi connectivity index (χ2n) is 8.78. The van der Waals surface area contributed by atoms with Gasteiger partial charge in [-0.3, -0.25) is 14.6 Å². The summed E-state index contributed by atoms with van der Waals surface area (Å²) in [6.45, 7) is 6.51. The van der Waals surface area contributed by atoms with Gasteiger partial charge in [-0.2, -0.15) is 5.10 Å². The van der Waals surface area contributed by atoms with Gasteiger partial charge in [0.05, 0.1) is 33.9 Å². The number of aromatic amines is 1. The van der Waals surface area contributed by atoms with Gasteiger partial charge in [0.2, 0.25) is 0 Å². The highest BCUT2D eigenvalue weighted by atomic mass is 35.5. The van der Waals surface area contributed by atoms with Gasteiger partial charge in [0, 0.05) is 17.6 Å². The fourth-order valence-corrected chi connectivity index (χ4v) is 3.99. The van der Waals surface area contributed by atoms with Crippen molar-refractivity contribution in [3.05, 3.63) is 75.7 Å². The quantitative estimate of drug-likeness (QED) is 0.416. The van der Waals surface area contributed by atoms with Crippen LogP contribution in [-0.2, 0) is 12.5 Å². The highest BCUT2D eigenvalue weighted by Crippen LogP contribution is 2.32. The Balaban J connectivity index is 1.87. The first-order chi connectivity index (χ1) is 14.7. The van der Waals surface area contributed by atoms with E-state index in [1.165, 1.54) is 10.2 Å². The molecule has 0 unspecified atom stereocenters. The van der Waals surface area contributed by atoms with Crippen LogP contribution in [0.4, 0.5) is 0 Å². The van der Waals surface area contributed by atoms with E-state index in [1.807, 2.05) is 31.3 Å². The minimum absolute atomic E-state index is 0.0204. The molecule has 0 bridgehead atoms. The minimum atomic E-state index is -0.160. The highest BCUT2D eigenvalue weighted by Gasteiger charge is 2.21. The number of benzene rings is 2. The molecule has 0 fully saturated rings. The third-order valence-electron chi connectivity index (χ3n) is 5.61. The second-order valence-corrected chi connectivity index (χ2v) is 9.21. The molecular formula is C24H22ClN5O. The Hall–Kier alpha value is -3.38. The van der Waals surface area contributed by atoms with E-state index in [0.29, 0.717) is 33.0 Å². The largest absolute Gasteiger partial charge is 0.289 e. The molecular weight excluding hydrogens is 410 g/mol. The molecule has 7 heteroatoms. The summed E-state index contributed by atoms with van der Waals surface area (Å²) in [5, 5.41) is 9.61. The van der Waals surface area contributed by atoms with Crippen molar-refractivity contribution in [3.63, 3.8) is 0 Å². The summed E-state index contributed by atoms with van der Waals surface area (Å²) >= 11 is 6.04. The second kappa shape index (κ2) is 6.82. The fourth-order valence-electron chi connectivity index (χ4n) is 3.87. The maximum Gasteiger partial charge on any atom is 0.281 e. The summed E-state index contributed by atoms with van der Waals surface area (Å²) in [7, 11) is 1.85. The van der Waals surface area contributed by atoms with Gasteiger partial charge in [-0.25, -0.2) is 9.67 Å². The monoisotopic (exact) mass is 431 g/mol. The van der Waals surface area contributed by atoms with E-state index in [9.17, 15) is 4.79 Å². The lowest BCUT2D eigenvalue weighted by molar-refractivity contribution is 0.590. The molecule has 3 aromatic heterocycles. The third kappa shape index (κ3) is 3.15. The number of H-pyrrole nitrogens is 1. The van der Waals surface area contributed by atoms with Crippen LogP contribution in [0, 0.1) is 0 Å². The van der Waals surface area contributed by atoms with Gasteiger partial charge in [0.1, 0.15) is 0 Å². The summed E-state index contributed by atoms with van der Waals surface area (Å²) < 4.78 is 3.26. The Morgan fingerprint density at radius 3 is 2.52 bits per heavy atom. The maximum atomic E-state index is 13.6. The number of nitrogens with one attached hydrogen (secondary N) is 1. The van der Waals surface area contributed by atoms with Crippen molar-refractivity contribution < 1.29 is 0 Å². The Morgan fingerprint density at radius 1 is 1.06 bits per heavy atom. The fraction of sp³-hybridized carbons (Fsp3) is 0.208. The molecule has 31 heavy (non-hydrogen) atoms. The molecule has 0 saturated heterocycles. The zero-order valence-corrected chi connectivity index (χ0v) is 18.5. The molecule has 5 aromatic rings. The third-order valence-corrected chi connectivity index (χ3v) is 5.86. The van der Waals surface area contributed by atoms with Crippen LogP contribution in [0.1, 0.15) is 26.3 Å². The summed E-state index contributed by atoms with van der Waals surface area (Å²) in [4.78, 5) is 18.5. The molecule has 2 aromatic carbocycles. The van der Waals surface area contributed by atoms with E-state index >= 15 is 0 Å².